The number of Topliss-reactive ketones (excluding diaryl/α,β-unsaturated/α-hetero) is 1. The summed E-state index contributed by atoms with van der Waals surface area (Å²) in [6, 6.07) is 4.41. The number of halogens is 4. The van der Waals surface area contributed by atoms with Gasteiger partial charge in [-0.3, -0.25) is 4.79 Å². The van der Waals surface area contributed by atoms with E-state index >= 15 is 0 Å². The van der Waals surface area contributed by atoms with Crippen LogP contribution in [0.1, 0.15) is 22.3 Å². The Balaban J connectivity index is 3.08. The molecule has 1 aromatic rings. The Morgan fingerprint density at radius 1 is 1.41 bits per heavy atom. The Labute approximate surface area is 110 Å². The number of benzene rings is 1. The number of ketones is 1. The maximum absolute atomic E-state index is 12.3. The maximum atomic E-state index is 12.3. The van der Waals surface area contributed by atoms with Crippen molar-refractivity contribution < 1.29 is 18.0 Å². The van der Waals surface area contributed by atoms with Gasteiger partial charge in [-0.2, -0.15) is 13.2 Å². The van der Waals surface area contributed by atoms with Crippen LogP contribution in [0.25, 0.3) is 0 Å². The van der Waals surface area contributed by atoms with Gasteiger partial charge in [0.05, 0.1) is 0 Å². The lowest BCUT2D eigenvalue weighted by atomic mass is 10.1. The quantitative estimate of drug-likeness (QED) is 0.458. The molecule has 17 heavy (non-hydrogen) atoms. The summed E-state index contributed by atoms with van der Waals surface area (Å²) in [5, 5.41) is 0.440. The minimum absolute atomic E-state index is 0.0333. The topological polar surface area (TPSA) is 17.1 Å². The molecule has 1 rings (SSSR count). The number of thioether (sulfide) groups is 1. The highest BCUT2D eigenvalue weighted by atomic mass is 79.9. The van der Waals surface area contributed by atoms with E-state index in [2.05, 4.69) is 15.9 Å². The fraction of sp³-hybridized carbons (Fsp3) is 0.364. The zero-order valence-corrected chi connectivity index (χ0v) is 11.4. The highest BCUT2D eigenvalue weighted by Crippen LogP contribution is 2.39. The fourth-order valence-corrected chi connectivity index (χ4v) is 2.32. The summed E-state index contributed by atoms with van der Waals surface area (Å²) < 4.78 is 36.9. The van der Waals surface area contributed by atoms with Crippen LogP contribution in [0.5, 0.6) is 0 Å². The summed E-state index contributed by atoms with van der Waals surface area (Å²) >= 11 is 2.86. The van der Waals surface area contributed by atoms with Gasteiger partial charge in [0, 0.05) is 22.2 Å². The molecule has 0 heterocycles. The summed E-state index contributed by atoms with van der Waals surface area (Å²) in [6.45, 7) is 1.74. The first-order chi connectivity index (χ1) is 7.83. The molecule has 0 spiro atoms. The van der Waals surface area contributed by atoms with Crippen molar-refractivity contribution in [3.63, 3.8) is 0 Å². The molecule has 0 aliphatic carbocycles. The minimum atomic E-state index is -4.38. The minimum Gasteiger partial charge on any atom is -0.294 e. The first kappa shape index (κ1) is 14.6. The molecule has 0 amide bonds. The van der Waals surface area contributed by atoms with Crippen molar-refractivity contribution in [2.75, 3.05) is 5.33 Å². The summed E-state index contributed by atoms with van der Waals surface area (Å²) in [5.41, 5.74) is -3.46. The molecule has 0 aliphatic heterocycles. The standard InChI is InChI=1S/C11H10BrF3OS/c1-7-2-3-10(17-11(13,14)15)8(6-7)9(16)4-5-12/h2-3,6H,4-5H2,1H3. The van der Waals surface area contributed by atoms with Gasteiger partial charge in [0.15, 0.2) is 5.78 Å². The van der Waals surface area contributed by atoms with Gasteiger partial charge in [-0.15, -0.1) is 0 Å². The third-order valence-corrected chi connectivity index (χ3v) is 3.19. The smallest absolute Gasteiger partial charge is 0.294 e. The number of carbonyl (C=O) groups is 1. The van der Waals surface area contributed by atoms with Crippen LogP contribution in [0.15, 0.2) is 23.1 Å². The molecule has 0 bridgehead atoms. The second kappa shape index (κ2) is 5.91. The summed E-state index contributed by atoms with van der Waals surface area (Å²) in [7, 11) is 0. The monoisotopic (exact) mass is 326 g/mol. The van der Waals surface area contributed by atoms with Crippen molar-refractivity contribution >= 4 is 33.5 Å². The molecule has 0 saturated heterocycles. The van der Waals surface area contributed by atoms with E-state index in [0.29, 0.717) is 5.33 Å². The molecular weight excluding hydrogens is 317 g/mol. The molecule has 0 unspecified atom stereocenters. The van der Waals surface area contributed by atoms with Crippen LogP contribution < -0.4 is 0 Å². The van der Waals surface area contributed by atoms with E-state index in [1.54, 1.807) is 13.0 Å². The van der Waals surface area contributed by atoms with Gasteiger partial charge < -0.3 is 0 Å². The SMILES string of the molecule is Cc1ccc(SC(F)(F)F)c(C(=O)CCBr)c1. The van der Waals surface area contributed by atoms with Crippen molar-refractivity contribution in [1.82, 2.24) is 0 Å². The fourth-order valence-electron chi connectivity index (χ4n) is 1.30. The summed E-state index contributed by atoms with van der Waals surface area (Å²) in [4.78, 5) is 11.7. The molecule has 1 nitrogen and oxygen atoms in total. The molecular formula is C11H10BrF3OS. The highest BCUT2D eigenvalue weighted by Gasteiger charge is 2.31. The van der Waals surface area contributed by atoms with Crippen LogP contribution in [0.2, 0.25) is 0 Å². The van der Waals surface area contributed by atoms with Crippen molar-refractivity contribution in [2.45, 2.75) is 23.7 Å². The van der Waals surface area contributed by atoms with Gasteiger partial charge in [-0.25, -0.2) is 0 Å². The molecule has 0 aromatic heterocycles. The van der Waals surface area contributed by atoms with Crippen molar-refractivity contribution in [3.05, 3.63) is 29.3 Å². The van der Waals surface area contributed by atoms with Gasteiger partial charge in [0.2, 0.25) is 0 Å². The Bertz CT molecular complexity index is 418. The Morgan fingerprint density at radius 3 is 2.59 bits per heavy atom. The van der Waals surface area contributed by atoms with Crippen molar-refractivity contribution in [2.24, 2.45) is 0 Å². The molecule has 0 atom stereocenters. The van der Waals surface area contributed by atoms with E-state index in [1.165, 1.54) is 12.1 Å². The molecule has 0 fully saturated rings. The lowest BCUT2D eigenvalue weighted by molar-refractivity contribution is -0.0328. The van der Waals surface area contributed by atoms with E-state index in [9.17, 15) is 18.0 Å². The number of aryl methyl sites for hydroxylation is 1. The second-order valence-corrected chi connectivity index (χ2v) is 5.31. The molecule has 94 valence electrons. The van der Waals surface area contributed by atoms with Crippen LogP contribution in [-0.2, 0) is 0 Å². The van der Waals surface area contributed by atoms with Crippen molar-refractivity contribution in [1.29, 1.82) is 0 Å². The predicted molar refractivity (Wildman–Crippen MR) is 65.8 cm³/mol. The second-order valence-electron chi connectivity index (χ2n) is 3.41. The molecule has 1 aromatic carbocycles. The highest BCUT2D eigenvalue weighted by molar-refractivity contribution is 9.09. The van der Waals surface area contributed by atoms with E-state index < -0.39 is 5.51 Å². The van der Waals surface area contributed by atoms with Crippen LogP contribution >= 0.6 is 27.7 Å². The van der Waals surface area contributed by atoms with Gasteiger partial charge in [0.25, 0.3) is 0 Å². The van der Waals surface area contributed by atoms with Gasteiger partial charge in [0.1, 0.15) is 0 Å². The molecule has 0 aliphatic rings. The normalized spacial score (nSPS) is 11.6. The predicted octanol–water partition coefficient (Wildman–Crippen LogP) is 4.57. The molecule has 0 radical (unpaired) electrons. The van der Waals surface area contributed by atoms with Gasteiger partial charge in [-0.1, -0.05) is 27.6 Å². The van der Waals surface area contributed by atoms with E-state index in [1.807, 2.05) is 0 Å². The van der Waals surface area contributed by atoms with Crippen molar-refractivity contribution in [3.8, 4) is 0 Å². The average molecular weight is 327 g/mol. The van der Waals surface area contributed by atoms with E-state index in [-0.39, 0.29) is 34.4 Å². The van der Waals surface area contributed by atoms with Gasteiger partial charge >= 0.3 is 5.51 Å². The largest absolute Gasteiger partial charge is 0.446 e. The molecule has 6 heteroatoms. The average Bonchev–Trinajstić information content (AvgIpc) is 2.19. The van der Waals surface area contributed by atoms with Crippen LogP contribution in [0.4, 0.5) is 13.2 Å². The number of alkyl halides is 4. The zero-order chi connectivity index (χ0) is 13.1. The molecule has 0 N–H and O–H groups in total. The summed E-state index contributed by atoms with van der Waals surface area (Å²) in [6.07, 6.45) is 0.189. The van der Waals surface area contributed by atoms with Crippen LogP contribution in [0, 0.1) is 6.92 Å². The lowest BCUT2D eigenvalue weighted by Crippen LogP contribution is -2.06. The zero-order valence-electron chi connectivity index (χ0n) is 8.97. The molecule has 0 saturated carbocycles. The number of hydrogen-bond acceptors (Lipinski definition) is 2. The Hall–Kier alpha value is -0.490. The number of hydrogen-bond donors (Lipinski definition) is 0. The Kier molecular flexibility index (Phi) is 5.06. The van der Waals surface area contributed by atoms with E-state index in [4.69, 9.17) is 0 Å². The lowest BCUT2D eigenvalue weighted by Gasteiger charge is -2.10. The summed E-state index contributed by atoms with van der Waals surface area (Å²) in [5.74, 6) is -0.280. The number of rotatable bonds is 4. The maximum Gasteiger partial charge on any atom is 0.446 e. The van der Waals surface area contributed by atoms with Crippen LogP contribution in [0.3, 0.4) is 0 Å². The van der Waals surface area contributed by atoms with Crippen LogP contribution in [-0.4, -0.2) is 16.6 Å². The first-order valence-corrected chi connectivity index (χ1v) is 6.73. The first-order valence-electron chi connectivity index (χ1n) is 4.79. The number of carbonyl (C=O) groups excluding carboxylic acids is 1. The third kappa shape index (κ3) is 4.71. The third-order valence-electron chi connectivity index (χ3n) is 1.98. The van der Waals surface area contributed by atoms with Gasteiger partial charge in [-0.05, 0) is 30.8 Å². The van der Waals surface area contributed by atoms with E-state index in [0.717, 1.165) is 5.56 Å². The Morgan fingerprint density at radius 2 is 2.06 bits per heavy atom.